The van der Waals surface area contributed by atoms with Crippen LogP contribution in [-0.2, 0) is 4.79 Å². The summed E-state index contributed by atoms with van der Waals surface area (Å²) in [5.74, 6) is 0.162. The average molecular weight is 298 g/mol. The van der Waals surface area contributed by atoms with Gasteiger partial charge in [0, 0.05) is 28.1 Å². The summed E-state index contributed by atoms with van der Waals surface area (Å²) >= 11 is 12.5. The summed E-state index contributed by atoms with van der Waals surface area (Å²) in [6.45, 7) is 5.74. The summed E-state index contributed by atoms with van der Waals surface area (Å²) < 4.78 is 0. The standard InChI is InChI=1S/C15H17Cl2NO/c1-3-5-11-8-9-14(19)18(11)10(2)15-12(16)6-4-7-13(15)17/h3-4,6-7,10-11H,1,5,8-9H2,2H3/t10-,11-/m0/s1. The van der Waals surface area contributed by atoms with Crippen molar-refractivity contribution in [2.45, 2.75) is 38.3 Å². The minimum atomic E-state index is -0.110. The van der Waals surface area contributed by atoms with E-state index in [9.17, 15) is 4.79 Å². The number of hydrogen-bond donors (Lipinski definition) is 0. The van der Waals surface area contributed by atoms with Gasteiger partial charge >= 0.3 is 0 Å². The van der Waals surface area contributed by atoms with E-state index >= 15 is 0 Å². The van der Waals surface area contributed by atoms with Gasteiger partial charge in [-0.05, 0) is 31.9 Å². The molecule has 0 radical (unpaired) electrons. The molecule has 2 atom stereocenters. The summed E-state index contributed by atoms with van der Waals surface area (Å²) in [6.07, 6.45) is 4.12. The van der Waals surface area contributed by atoms with Crippen molar-refractivity contribution in [1.29, 1.82) is 0 Å². The van der Waals surface area contributed by atoms with Crippen LogP contribution in [0.3, 0.4) is 0 Å². The van der Waals surface area contributed by atoms with Crippen LogP contribution < -0.4 is 0 Å². The molecule has 0 bridgehead atoms. The maximum atomic E-state index is 12.1. The van der Waals surface area contributed by atoms with Gasteiger partial charge in [0.2, 0.25) is 5.91 Å². The molecule has 1 amide bonds. The molecule has 102 valence electrons. The molecule has 4 heteroatoms. The first kappa shape index (κ1) is 14.4. The highest BCUT2D eigenvalue weighted by atomic mass is 35.5. The molecule has 0 aliphatic carbocycles. The largest absolute Gasteiger partial charge is 0.333 e. The third kappa shape index (κ3) is 2.80. The number of amides is 1. The van der Waals surface area contributed by atoms with Gasteiger partial charge in [0.1, 0.15) is 0 Å². The van der Waals surface area contributed by atoms with Crippen molar-refractivity contribution in [3.8, 4) is 0 Å². The second-order valence-electron chi connectivity index (χ2n) is 4.83. The molecular formula is C15H17Cl2NO. The van der Waals surface area contributed by atoms with Crippen molar-refractivity contribution in [2.24, 2.45) is 0 Å². The second kappa shape index (κ2) is 5.98. The SMILES string of the molecule is C=CC[C@H]1CCC(=O)N1[C@@H](C)c1c(Cl)cccc1Cl. The summed E-state index contributed by atoms with van der Waals surface area (Å²) in [7, 11) is 0. The third-order valence-electron chi connectivity index (χ3n) is 3.65. The van der Waals surface area contributed by atoms with Gasteiger partial charge in [-0.15, -0.1) is 6.58 Å². The normalized spacial score (nSPS) is 20.7. The highest BCUT2D eigenvalue weighted by Gasteiger charge is 2.35. The van der Waals surface area contributed by atoms with Crippen molar-refractivity contribution in [3.05, 3.63) is 46.5 Å². The van der Waals surface area contributed by atoms with E-state index in [0.29, 0.717) is 16.5 Å². The van der Waals surface area contributed by atoms with E-state index in [1.165, 1.54) is 0 Å². The van der Waals surface area contributed by atoms with Crippen LogP contribution in [0, 0.1) is 0 Å². The first-order valence-electron chi connectivity index (χ1n) is 6.42. The minimum Gasteiger partial charge on any atom is -0.333 e. The Morgan fingerprint density at radius 3 is 2.68 bits per heavy atom. The van der Waals surface area contributed by atoms with E-state index in [-0.39, 0.29) is 18.0 Å². The number of benzene rings is 1. The molecule has 1 aromatic rings. The van der Waals surface area contributed by atoms with Crippen LogP contribution in [0.5, 0.6) is 0 Å². The van der Waals surface area contributed by atoms with Crippen molar-refractivity contribution in [3.63, 3.8) is 0 Å². The van der Waals surface area contributed by atoms with Crippen molar-refractivity contribution in [1.82, 2.24) is 4.90 Å². The van der Waals surface area contributed by atoms with Gasteiger partial charge in [-0.1, -0.05) is 35.3 Å². The second-order valence-corrected chi connectivity index (χ2v) is 5.64. The van der Waals surface area contributed by atoms with E-state index in [1.54, 1.807) is 0 Å². The lowest BCUT2D eigenvalue weighted by Crippen LogP contribution is -2.35. The monoisotopic (exact) mass is 297 g/mol. The van der Waals surface area contributed by atoms with Gasteiger partial charge in [-0.25, -0.2) is 0 Å². The van der Waals surface area contributed by atoms with Crippen molar-refractivity contribution >= 4 is 29.1 Å². The zero-order valence-electron chi connectivity index (χ0n) is 10.9. The quantitative estimate of drug-likeness (QED) is 0.743. The van der Waals surface area contributed by atoms with E-state index in [0.717, 1.165) is 18.4 Å². The average Bonchev–Trinajstić information content (AvgIpc) is 2.70. The molecule has 1 aromatic carbocycles. The topological polar surface area (TPSA) is 20.3 Å². The molecule has 0 N–H and O–H groups in total. The van der Waals surface area contributed by atoms with E-state index in [2.05, 4.69) is 6.58 Å². The Bertz CT molecular complexity index is 481. The van der Waals surface area contributed by atoms with Gasteiger partial charge in [0.25, 0.3) is 0 Å². The molecule has 2 rings (SSSR count). The highest BCUT2D eigenvalue weighted by Crippen LogP contribution is 2.38. The molecule has 1 aliphatic heterocycles. The predicted octanol–water partition coefficient (Wildman–Crippen LogP) is 4.62. The Balaban J connectivity index is 2.34. The summed E-state index contributed by atoms with van der Waals surface area (Å²) in [4.78, 5) is 14.0. The predicted molar refractivity (Wildman–Crippen MR) is 79.6 cm³/mol. The van der Waals surface area contributed by atoms with Crippen molar-refractivity contribution in [2.75, 3.05) is 0 Å². The summed E-state index contributed by atoms with van der Waals surface area (Å²) in [5, 5.41) is 1.22. The first-order chi connectivity index (χ1) is 9.06. The molecule has 19 heavy (non-hydrogen) atoms. The molecule has 0 aromatic heterocycles. The number of halogens is 2. The van der Waals surface area contributed by atoms with Gasteiger partial charge in [0.05, 0.1) is 6.04 Å². The number of rotatable bonds is 4. The maximum absolute atomic E-state index is 12.1. The number of hydrogen-bond acceptors (Lipinski definition) is 1. The molecule has 0 saturated carbocycles. The Kier molecular flexibility index (Phi) is 4.54. The Labute approximate surface area is 124 Å². The van der Waals surface area contributed by atoms with Crippen LogP contribution in [0.25, 0.3) is 0 Å². The van der Waals surface area contributed by atoms with E-state index in [1.807, 2.05) is 36.1 Å². The van der Waals surface area contributed by atoms with Crippen LogP contribution >= 0.6 is 23.2 Å². The first-order valence-corrected chi connectivity index (χ1v) is 7.17. The fraction of sp³-hybridized carbons (Fsp3) is 0.400. The number of nitrogens with zero attached hydrogens (tertiary/aromatic N) is 1. The molecular weight excluding hydrogens is 281 g/mol. The zero-order chi connectivity index (χ0) is 14.0. The lowest BCUT2D eigenvalue weighted by molar-refractivity contribution is -0.131. The van der Waals surface area contributed by atoms with E-state index < -0.39 is 0 Å². The van der Waals surface area contributed by atoms with Crippen LogP contribution in [0.1, 0.15) is 37.8 Å². The summed E-state index contributed by atoms with van der Waals surface area (Å²) in [6, 6.07) is 5.52. The minimum absolute atomic E-state index is 0.110. The smallest absolute Gasteiger partial charge is 0.223 e. The molecule has 2 nitrogen and oxygen atoms in total. The van der Waals surface area contributed by atoms with E-state index in [4.69, 9.17) is 23.2 Å². The van der Waals surface area contributed by atoms with Crippen LogP contribution in [0.15, 0.2) is 30.9 Å². The zero-order valence-corrected chi connectivity index (χ0v) is 12.4. The van der Waals surface area contributed by atoms with Gasteiger partial charge in [-0.3, -0.25) is 4.79 Å². The number of likely N-dealkylation sites (tertiary alicyclic amines) is 1. The molecule has 1 saturated heterocycles. The Morgan fingerprint density at radius 2 is 2.11 bits per heavy atom. The van der Waals surface area contributed by atoms with Crippen LogP contribution in [0.2, 0.25) is 10.0 Å². The molecule has 1 aliphatic rings. The number of carbonyl (C=O) groups excluding carboxylic acids is 1. The Hall–Kier alpha value is -0.990. The van der Waals surface area contributed by atoms with Crippen LogP contribution in [-0.4, -0.2) is 16.8 Å². The summed E-state index contributed by atoms with van der Waals surface area (Å²) in [5.41, 5.74) is 0.829. The van der Waals surface area contributed by atoms with Crippen molar-refractivity contribution < 1.29 is 4.79 Å². The lowest BCUT2D eigenvalue weighted by atomic mass is 10.0. The third-order valence-corrected chi connectivity index (χ3v) is 4.31. The highest BCUT2D eigenvalue weighted by molar-refractivity contribution is 6.36. The molecule has 0 spiro atoms. The molecule has 1 fully saturated rings. The lowest BCUT2D eigenvalue weighted by Gasteiger charge is -2.31. The fourth-order valence-electron chi connectivity index (χ4n) is 2.77. The van der Waals surface area contributed by atoms with Gasteiger partial charge in [-0.2, -0.15) is 0 Å². The Morgan fingerprint density at radius 1 is 1.47 bits per heavy atom. The fourth-order valence-corrected chi connectivity index (χ4v) is 3.48. The molecule has 1 heterocycles. The van der Waals surface area contributed by atoms with Gasteiger partial charge < -0.3 is 4.90 Å². The van der Waals surface area contributed by atoms with Crippen LogP contribution in [0.4, 0.5) is 0 Å². The maximum Gasteiger partial charge on any atom is 0.223 e. The number of carbonyl (C=O) groups is 1. The molecule has 0 unspecified atom stereocenters. The van der Waals surface area contributed by atoms with Gasteiger partial charge in [0.15, 0.2) is 0 Å².